The Morgan fingerprint density at radius 2 is 0.618 bits per heavy atom. The van der Waals surface area contributed by atoms with Gasteiger partial charge >= 0.3 is 0 Å². The van der Waals surface area contributed by atoms with Gasteiger partial charge in [-0.25, -0.2) is 29.9 Å². The van der Waals surface area contributed by atoms with Crippen molar-refractivity contribution < 1.29 is 4.42 Å². The van der Waals surface area contributed by atoms with Gasteiger partial charge in [0.05, 0.1) is 0 Å². The molecule has 0 amide bonds. The fourth-order valence-corrected chi connectivity index (χ4v) is 14.0. The number of hydrogen-bond acceptors (Lipinski definition) is 7. The van der Waals surface area contributed by atoms with Crippen LogP contribution in [-0.4, -0.2) is 29.9 Å². The van der Waals surface area contributed by atoms with Gasteiger partial charge in [0, 0.05) is 55.0 Å². The van der Waals surface area contributed by atoms with E-state index < -0.39 is 0 Å². The van der Waals surface area contributed by atoms with Crippen LogP contribution >= 0.6 is 0 Å². The molecule has 0 fully saturated rings. The van der Waals surface area contributed by atoms with Crippen molar-refractivity contribution in [3.05, 3.63) is 277 Å². The average Bonchev–Trinajstić information content (AvgIpc) is 1.42. The lowest BCUT2D eigenvalue weighted by Gasteiger charge is -2.49. The molecule has 14 aromatic rings. The van der Waals surface area contributed by atoms with Crippen molar-refractivity contribution in [3.63, 3.8) is 0 Å². The largest absolute Gasteiger partial charge is 0.456 e. The highest BCUT2D eigenvalue weighted by Gasteiger charge is 2.48. The molecule has 0 unspecified atom stereocenters. The van der Waals surface area contributed by atoms with Gasteiger partial charge in [-0.1, -0.05) is 286 Å². The molecule has 0 spiro atoms. The summed E-state index contributed by atoms with van der Waals surface area (Å²) in [7, 11) is 0. The molecule has 3 heterocycles. The van der Waals surface area contributed by atoms with Gasteiger partial charge < -0.3 is 4.42 Å². The van der Waals surface area contributed by atoms with E-state index in [-0.39, 0.29) is 21.7 Å². The topological polar surface area (TPSA) is 90.5 Å². The third-order valence-electron chi connectivity index (χ3n) is 19.9. The van der Waals surface area contributed by atoms with Gasteiger partial charge in [-0.05, 0) is 102 Å². The predicted octanol–water partition coefficient (Wildman–Crippen LogP) is 20.9. The molecule has 89 heavy (non-hydrogen) atoms. The van der Waals surface area contributed by atoms with Gasteiger partial charge in [-0.2, -0.15) is 0 Å². The number of nitrogens with zero attached hydrogens (tertiary/aromatic N) is 6. The zero-order valence-corrected chi connectivity index (χ0v) is 51.3. The summed E-state index contributed by atoms with van der Waals surface area (Å²) in [5.74, 6) is 3.95. The van der Waals surface area contributed by atoms with E-state index in [1.165, 1.54) is 50.1 Å². The van der Waals surface area contributed by atoms with Crippen molar-refractivity contribution in [2.24, 2.45) is 0 Å². The normalized spacial score (nSPS) is 14.7. The highest BCUT2D eigenvalue weighted by atomic mass is 16.3. The summed E-state index contributed by atoms with van der Waals surface area (Å²) in [6.45, 7) is 19.0. The molecular weight excluding hydrogens is 1080 g/mol. The van der Waals surface area contributed by atoms with Crippen LogP contribution < -0.4 is 0 Å². The first-order valence-corrected chi connectivity index (χ1v) is 30.8. The molecule has 7 heteroatoms. The van der Waals surface area contributed by atoms with Crippen LogP contribution in [0.25, 0.3) is 134 Å². The Balaban J connectivity index is 0.000000149. The fourth-order valence-electron chi connectivity index (χ4n) is 14.0. The first-order valence-electron chi connectivity index (χ1n) is 30.8. The zero-order chi connectivity index (χ0) is 60.8. The first kappa shape index (κ1) is 55.1. The molecule has 0 aliphatic heterocycles. The maximum Gasteiger partial charge on any atom is 0.164 e. The van der Waals surface area contributed by atoms with Crippen molar-refractivity contribution in [3.8, 4) is 102 Å². The van der Waals surface area contributed by atoms with E-state index in [0.717, 1.165) is 71.7 Å². The molecule has 2 aliphatic carbocycles. The number of aromatic nitrogens is 6. The molecule has 7 nitrogen and oxygen atoms in total. The van der Waals surface area contributed by atoms with E-state index in [1.807, 2.05) is 84.9 Å². The summed E-state index contributed by atoms with van der Waals surface area (Å²) >= 11 is 0. The van der Waals surface area contributed by atoms with Crippen molar-refractivity contribution in [1.82, 2.24) is 29.9 Å². The Morgan fingerprint density at radius 3 is 1.18 bits per heavy atom. The maximum atomic E-state index is 6.23. The average molecular weight is 1150 g/mol. The second kappa shape index (κ2) is 21.1. The zero-order valence-electron chi connectivity index (χ0n) is 51.3. The molecule has 430 valence electrons. The monoisotopic (exact) mass is 1150 g/mol. The minimum absolute atomic E-state index is 0.0737. The summed E-state index contributed by atoms with van der Waals surface area (Å²) in [5, 5.41) is 4.33. The number of para-hydroxylation sites is 1. The minimum atomic E-state index is -0.201. The van der Waals surface area contributed by atoms with Crippen LogP contribution in [0.5, 0.6) is 0 Å². The summed E-state index contributed by atoms with van der Waals surface area (Å²) in [4.78, 5) is 30.7. The molecule has 0 saturated heterocycles. The molecular formula is C82H66N6O. The Kier molecular flexibility index (Phi) is 13.1. The van der Waals surface area contributed by atoms with Crippen LogP contribution in [0.15, 0.2) is 259 Å². The summed E-state index contributed by atoms with van der Waals surface area (Å²) < 4.78 is 6.23. The van der Waals surface area contributed by atoms with Crippen LogP contribution in [-0.2, 0) is 21.7 Å². The molecule has 0 radical (unpaired) electrons. The Morgan fingerprint density at radius 1 is 0.247 bits per heavy atom. The lowest BCUT2D eigenvalue weighted by atomic mass is 9.54. The van der Waals surface area contributed by atoms with E-state index in [1.54, 1.807) is 0 Å². The molecule has 0 bridgehead atoms. The van der Waals surface area contributed by atoms with E-state index in [9.17, 15) is 0 Å². The standard InChI is InChI=1S/C43H35N3.C39H31N3O/c1-42(2)37-25-14-13-22-34(37)35-24-15-23-33(38(35)43(42,3)4)31-26-30-20-11-12-21-32(30)36(27-31)41-45-39(28-16-7-5-8-17-28)44-40(46-41)29-18-9-6-10-19-29;1-38(2)30-21-10-8-16-25(30)26-18-12-20-29(34(26)39(38,3)4)37-41-35(24-14-6-5-7-15-24)40-36(42-37)28-19-13-23-32-33(28)27-17-9-11-22-31(27)43-32/h5-27H,1-4H3;5-23H,1-4H3. The number of rotatable bonds is 7. The first-order chi connectivity index (χ1) is 43.2. The van der Waals surface area contributed by atoms with Gasteiger partial charge in [-0.15, -0.1) is 0 Å². The minimum Gasteiger partial charge on any atom is -0.456 e. The van der Waals surface area contributed by atoms with Gasteiger partial charge in [-0.3, -0.25) is 0 Å². The van der Waals surface area contributed by atoms with Gasteiger partial charge in [0.15, 0.2) is 34.9 Å². The molecule has 0 N–H and O–H groups in total. The van der Waals surface area contributed by atoms with Crippen molar-refractivity contribution in [1.29, 1.82) is 0 Å². The van der Waals surface area contributed by atoms with Crippen LogP contribution in [0.3, 0.4) is 0 Å². The summed E-state index contributed by atoms with van der Waals surface area (Å²) in [6, 6.07) is 89.0. The van der Waals surface area contributed by atoms with E-state index in [4.69, 9.17) is 34.3 Å². The van der Waals surface area contributed by atoms with Crippen LogP contribution in [0.4, 0.5) is 0 Å². The van der Waals surface area contributed by atoms with E-state index >= 15 is 0 Å². The van der Waals surface area contributed by atoms with Crippen molar-refractivity contribution in [2.45, 2.75) is 77.0 Å². The maximum absolute atomic E-state index is 6.23. The molecule has 11 aromatic carbocycles. The quantitative estimate of drug-likeness (QED) is 0.157. The van der Waals surface area contributed by atoms with Gasteiger partial charge in [0.25, 0.3) is 0 Å². The number of fused-ring (bicyclic) bond motifs is 10. The van der Waals surface area contributed by atoms with Gasteiger partial charge in [0.2, 0.25) is 0 Å². The smallest absolute Gasteiger partial charge is 0.164 e. The molecule has 16 rings (SSSR count). The Labute approximate surface area is 520 Å². The highest BCUT2D eigenvalue weighted by Crippen LogP contribution is 2.58. The molecule has 0 atom stereocenters. The van der Waals surface area contributed by atoms with Crippen molar-refractivity contribution in [2.75, 3.05) is 0 Å². The lowest BCUT2D eigenvalue weighted by molar-refractivity contribution is 0.300. The van der Waals surface area contributed by atoms with Crippen LogP contribution in [0.1, 0.15) is 77.6 Å². The van der Waals surface area contributed by atoms with Crippen LogP contribution in [0.2, 0.25) is 0 Å². The predicted molar refractivity (Wildman–Crippen MR) is 365 cm³/mol. The summed E-state index contributed by atoms with van der Waals surface area (Å²) in [5.41, 5.74) is 19.9. The van der Waals surface area contributed by atoms with Crippen LogP contribution in [0, 0.1) is 0 Å². The van der Waals surface area contributed by atoms with Gasteiger partial charge in [0.1, 0.15) is 11.2 Å². The number of furan rings is 1. The second-order valence-electron chi connectivity index (χ2n) is 25.8. The number of hydrogen-bond donors (Lipinski definition) is 0. The van der Waals surface area contributed by atoms with E-state index in [0.29, 0.717) is 34.9 Å². The second-order valence-corrected chi connectivity index (χ2v) is 25.8. The highest BCUT2D eigenvalue weighted by molar-refractivity contribution is 6.12. The number of benzene rings is 11. The Hall–Kier alpha value is -10.5. The Bertz CT molecular complexity index is 5020. The molecule has 2 aliphatic rings. The fraction of sp³-hybridized carbons (Fsp3) is 0.146. The molecule has 0 saturated carbocycles. The molecule has 3 aromatic heterocycles. The summed E-state index contributed by atoms with van der Waals surface area (Å²) in [6.07, 6.45) is 0. The third-order valence-corrected chi connectivity index (χ3v) is 19.9. The van der Waals surface area contributed by atoms with Crippen molar-refractivity contribution >= 4 is 32.7 Å². The lowest BCUT2D eigenvalue weighted by Crippen LogP contribution is -2.44. The third kappa shape index (κ3) is 9.00. The van der Waals surface area contributed by atoms with E-state index in [2.05, 4.69) is 225 Å². The SMILES string of the molecule is CC1(C)c2ccccc2-c2cccc(-c3cc(-c4nc(-c5ccccc5)nc(-c5ccccc5)n4)c4ccccc4c3)c2C1(C)C.CC1(C)c2ccccc2-c2cccc(-c3nc(-c4ccccc4)nc(-c4cccc5oc6ccccc6c45)n3)c2C1(C)C.